The van der Waals surface area contributed by atoms with Crippen LogP contribution in [0.4, 0.5) is 0 Å². The molecule has 0 saturated heterocycles. The summed E-state index contributed by atoms with van der Waals surface area (Å²) in [5.41, 5.74) is 2.19. The van der Waals surface area contributed by atoms with Crippen LogP contribution in [-0.4, -0.2) is 17.6 Å². The van der Waals surface area contributed by atoms with E-state index >= 15 is 0 Å². The molecule has 1 N–H and O–H groups in total. The molecule has 1 atom stereocenters. The lowest BCUT2D eigenvalue weighted by Gasteiger charge is -2.32. The van der Waals surface area contributed by atoms with E-state index in [9.17, 15) is 9.59 Å². The van der Waals surface area contributed by atoms with Crippen LogP contribution in [-0.2, 0) is 17.6 Å². The van der Waals surface area contributed by atoms with Crippen LogP contribution in [0.3, 0.4) is 0 Å². The van der Waals surface area contributed by atoms with Gasteiger partial charge in [0.2, 0.25) is 5.91 Å². The molecular weight excluding hydrogens is 330 g/mol. The van der Waals surface area contributed by atoms with E-state index in [0.29, 0.717) is 11.1 Å². The van der Waals surface area contributed by atoms with Crippen molar-refractivity contribution in [3.05, 3.63) is 39.2 Å². The first-order chi connectivity index (χ1) is 12.2. The Labute approximate surface area is 153 Å². The van der Waals surface area contributed by atoms with Crippen molar-refractivity contribution in [2.45, 2.75) is 71.9 Å². The maximum absolute atomic E-state index is 12.5. The van der Waals surface area contributed by atoms with Crippen molar-refractivity contribution in [2.75, 3.05) is 0 Å². The van der Waals surface area contributed by atoms with Crippen molar-refractivity contribution >= 4 is 16.9 Å². The van der Waals surface area contributed by atoms with Crippen molar-refractivity contribution < 1.29 is 13.9 Å². The molecule has 0 radical (unpaired) electrons. The fourth-order valence-corrected chi connectivity index (χ4v) is 3.33. The average molecular weight is 357 g/mol. The van der Waals surface area contributed by atoms with Gasteiger partial charge in [-0.25, -0.2) is 4.79 Å². The van der Waals surface area contributed by atoms with Gasteiger partial charge in [-0.3, -0.25) is 4.79 Å². The van der Waals surface area contributed by atoms with Gasteiger partial charge in [-0.2, -0.15) is 0 Å². The molecule has 2 heterocycles. The van der Waals surface area contributed by atoms with Crippen molar-refractivity contribution in [1.82, 2.24) is 5.32 Å². The third-order valence-corrected chi connectivity index (χ3v) is 5.21. The molecule has 26 heavy (non-hydrogen) atoms. The summed E-state index contributed by atoms with van der Waals surface area (Å²) in [6, 6.07) is 3.93. The third kappa shape index (κ3) is 3.62. The number of fused-ring (bicyclic) bond motifs is 2. The van der Waals surface area contributed by atoms with Gasteiger partial charge >= 0.3 is 5.63 Å². The maximum atomic E-state index is 12.5. The molecule has 0 aliphatic carbocycles. The van der Waals surface area contributed by atoms with E-state index in [2.05, 4.69) is 19.2 Å². The van der Waals surface area contributed by atoms with Gasteiger partial charge in [-0.15, -0.1) is 0 Å². The summed E-state index contributed by atoms with van der Waals surface area (Å²) in [6.07, 6.45) is 2.74. The van der Waals surface area contributed by atoms with Gasteiger partial charge in [0.15, 0.2) is 0 Å². The number of carbonyl (C=O) groups excluding carboxylic acids is 1. The minimum atomic E-state index is -0.454. The zero-order valence-electron chi connectivity index (χ0n) is 16.2. The summed E-state index contributed by atoms with van der Waals surface area (Å²) < 4.78 is 11.6. The molecule has 1 amide bonds. The number of carbonyl (C=O) groups is 1. The molecule has 1 aromatic carbocycles. The van der Waals surface area contributed by atoms with Crippen LogP contribution in [0.25, 0.3) is 11.0 Å². The predicted octanol–water partition coefficient (Wildman–Crippen LogP) is 3.66. The summed E-state index contributed by atoms with van der Waals surface area (Å²) in [6.45, 7) is 9.95. The van der Waals surface area contributed by atoms with Gasteiger partial charge in [-0.05, 0) is 64.2 Å². The lowest BCUT2D eigenvalue weighted by Crippen LogP contribution is -2.34. The summed E-state index contributed by atoms with van der Waals surface area (Å²) in [4.78, 5) is 24.7. The SMILES string of the molecule is CC[C@@H](C)NC(=O)Cc1c(C)c2cc3c(cc2oc1=O)OC(C)(C)CC3. The van der Waals surface area contributed by atoms with Crippen LogP contribution >= 0.6 is 0 Å². The van der Waals surface area contributed by atoms with Crippen LogP contribution in [0.1, 0.15) is 57.2 Å². The highest BCUT2D eigenvalue weighted by molar-refractivity contribution is 5.86. The topological polar surface area (TPSA) is 68.5 Å². The van der Waals surface area contributed by atoms with E-state index in [1.54, 1.807) is 0 Å². The second-order valence-corrected chi connectivity index (χ2v) is 7.86. The minimum Gasteiger partial charge on any atom is -0.487 e. The number of benzene rings is 1. The van der Waals surface area contributed by atoms with Crippen molar-refractivity contribution in [3.8, 4) is 5.75 Å². The van der Waals surface area contributed by atoms with Gasteiger partial charge < -0.3 is 14.5 Å². The van der Waals surface area contributed by atoms with Crippen molar-refractivity contribution in [3.63, 3.8) is 0 Å². The standard InChI is InChI=1S/C21H27NO4/c1-6-12(2)22-19(23)10-16-13(3)15-9-14-7-8-21(4,5)26-17(14)11-18(15)25-20(16)24/h9,11-12H,6-8,10H2,1-5H3,(H,22,23)/t12-/m1/s1. The fourth-order valence-electron chi connectivity index (χ4n) is 3.33. The van der Waals surface area contributed by atoms with E-state index in [1.807, 2.05) is 32.9 Å². The van der Waals surface area contributed by atoms with Crippen LogP contribution in [0, 0.1) is 6.92 Å². The maximum Gasteiger partial charge on any atom is 0.340 e. The zero-order valence-corrected chi connectivity index (χ0v) is 16.2. The molecular formula is C21H27NO4. The number of amides is 1. The van der Waals surface area contributed by atoms with E-state index in [0.717, 1.165) is 41.5 Å². The Hall–Kier alpha value is -2.30. The largest absolute Gasteiger partial charge is 0.487 e. The minimum absolute atomic E-state index is 0.0368. The molecule has 0 fully saturated rings. The number of aryl methyl sites for hydroxylation is 2. The van der Waals surface area contributed by atoms with E-state index in [-0.39, 0.29) is 24.0 Å². The summed E-state index contributed by atoms with van der Waals surface area (Å²) >= 11 is 0. The van der Waals surface area contributed by atoms with Gasteiger partial charge in [-0.1, -0.05) is 6.92 Å². The number of hydrogen-bond donors (Lipinski definition) is 1. The third-order valence-electron chi connectivity index (χ3n) is 5.21. The monoisotopic (exact) mass is 357 g/mol. The summed E-state index contributed by atoms with van der Waals surface area (Å²) in [5, 5.41) is 3.77. The molecule has 0 unspecified atom stereocenters. The first-order valence-corrected chi connectivity index (χ1v) is 9.28. The van der Waals surface area contributed by atoms with E-state index in [4.69, 9.17) is 9.15 Å². The smallest absolute Gasteiger partial charge is 0.340 e. The Kier molecular flexibility index (Phi) is 4.82. The fraction of sp³-hybridized carbons (Fsp3) is 0.524. The highest BCUT2D eigenvalue weighted by atomic mass is 16.5. The molecule has 0 bridgehead atoms. The second kappa shape index (κ2) is 6.78. The highest BCUT2D eigenvalue weighted by Gasteiger charge is 2.27. The molecule has 1 aliphatic heterocycles. The zero-order chi connectivity index (χ0) is 19.1. The summed E-state index contributed by atoms with van der Waals surface area (Å²) in [7, 11) is 0. The molecule has 0 saturated carbocycles. The quantitative estimate of drug-likeness (QED) is 0.848. The normalized spacial score (nSPS) is 16.7. The van der Waals surface area contributed by atoms with Gasteiger partial charge in [0.05, 0.1) is 12.0 Å². The molecule has 1 aliphatic rings. The average Bonchev–Trinajstić information content (AvgIpc) is 2.56. The lowest BCUT2D eigenvalue weighted by atomic mass is 9.92. The molecule has 140 valence electrons. The number of hydrogen-bond acceptors (Lipinski definition) is 4. The Balaban J connectivity index is 2.00. The first-order valence-electron chi connectivity index (χ1n) is 9.28. The van der Waals surface area contributed by atoms with E-state index < -0.39 is 5.63 Å². The number of ether oxygens (including phenoxy) is 1. The molecule has 5 heteroatoms. The van der Waals surface area contributed by atoms with Gasteiger partial charge in [0.1, 0.15) is 16.9 Å². The summed E-state index contributed by atoms with van der Waals surface area (Å²) in [5.74, 6) is 0.621. The molecule has 2 aromatic rings. The Morgan fingerprint density at radius 2 is 2.08 bits per heavy atom. The van der Waals surface area contributed by atoms with Crippen LogP contribution < -0.4 is 15.7 Å². The van der Waals surface area contributed by atoms with Gasteiger partial charge in [0.25, 0.3) is 0 Å². The molecule has 0 spiro atoms. The van der Waals surface area contributed by atoms with E-state index in [1.165, 1.54) is 0 Å². The lowest BCUT2D eigenvalue weighted by molar-refractivity contribution is -0.121. The van der Waals surface area contributed by atoms with Crippen molar-refractivity contribution in [2.24, 2.45) is 0 Å². The molecule has 5 nitrogen and oxygen atoms in total. The Bertz CT molecular complexity index is 910. The Morgan fingerprint density at radius 1 is 1.35 bits per heavy atom. The van der Waals surface area contributed by atoms with Crippen LogP contribution in [0.5, 0.6) is 5.75 Å². The van der Waals surface area contributed by atoms with Gasteiger partial charge in [0, 0.05) is 17.5 Å². The van der Waals surface area contributed by atoms with Crippen molar-refractivity contribution in [1.29, 1.82) is 0 Å². The molecule has 3 rings (SSSR count). The Morgan fingerprint density at radius 3 is 2.77 bits per heavy atom. The highest BCUT2D eigenvalue weighted by Crippen LogP contribution is 2.36. The van der Waals surface area contributed by atoms with Crippen LogP contribution in [0.15, 0.2) is 21.3 Å². The second-order valence-electron chi connectivity index (χ2n) is 7.86. The molecule has 1 aromatic heterocycles. The van der Waals surface area contributed by atoms with Crippen LogP contribution in [0.2, 0.25) is 0 Å². The number of nitrogens with one attached hydrogen (secondary N) is 1. The number of rotatable bonds is 4. The predicted molar refractivity (Wildman–Crippen MR) is 102 cm³/mol. The first kappa shape index (κ1) is 18.5.